The Bertz CT molecular complexity index is 575. The number of aliphatic carboxylic acids is 1. The second-order valence-corrected chi connectivity index (χ2v) is 3.95. The third-order valence-electron chi connectivity index (χ3n) is 2.76. The lowest BCUT2D eigenvalue weighted by Gasteiger charge is -2.07. The van der Waals surface area contributed by atoms with Crippen molar-refractivity contribution < 1.29 is 14.6 Å². The molecule has 2 aromatic rings. The number of methoxy groups -OCH3 is 1. The SMILES string of the molecule is COc1ccccc1-c1n[nH]c(C)c1CC(=O)O. The Hall–Kier alpha value is -2.30. The molecule has 5 nitrogen and oxygen atoms in total. The van der Waals surface area contributed by atoms with E-state index >= 15 is 0 Å². The lowest BCUT2D eigenvalue weighted by atomic mass is 10.0. The average Bonchev–Trinajstić information content (AvgIpc) is 2.70. The van der Waals surface area contributed by atoms with E-state index < -0.39 is 5.97 Å². The molecule has 2 N–H and O–H groups in total. The highest BCUT2D eigenvalue weighted by Gasteiger charge is 2.17. The molecule has 1 aromatic carbocycles. The van der Waals surface area contributed by atoms with E-state index in [1.165, 1.54) is 0 Å². The molecule has 94 valence electrons. The molecule has 5 heteroatoms. The van der Waals surface area contributed by atoms with Crippen LogP contribution in [0.4, 0.5) is 0 Å². The van der Waals surface area contributed by atoms with E-state index in [1.807, 2.05) is 31.2 Å². The largest absolute Gasteiger partial charge is 0.496 e. The molecule has 0 amide bonds. The Balaban J connectivity index is 2.53. The van der Waals surface area contributed by atoms with Gasteiger partial charge in [0.25, 0.3) is 0 Å². The number of benzene rings is 1. The van der Waals surface area contributed by atoms with Gasteiger partial charge < -0.3 is 9.84 Å². The molecule has 18 heavy (non-hydrogen) atoms. The van der Waals surface area contributed by atoms with Crippen LogP contribution in [0.15, 0.2) is 24.3 Å². The molecule has 0 unspecified atom stereocenters. The van der Waals surface area contributed by atoms with Gasteiger partial charge in [0.2, 0.25) is 0 Å². The van der Waals surface area contributed by atoms with Gasteiger partial charge in [-0.05, 0) is 19.1 Å². The van der Waals surface area contributed by atoms with Crippen molar-refractivity contribution in [3.05, 3.63) is 35.5 Å². The van der Waals surface area contributed by atoms with E-state index in [2.05, 4.69) is 10.2 Å². The zero-order chi connectivity index (χ0) is 13.1. The molecule has 0 saturated heterocycles. The minimum absolute atomic E-state index is 0.0598. The summed E-state index contributed by atoms with van der Waals surface area (Å²) < 4.78 is 5.27. The Labute approximate surface area is 104 Å². The summed E-state index contributed by atoms with van der Waals surface area (Å²) in [5.74, 6) is -0.203. The number of para-hydroxylation sites is 1. The lowest BCUT2D eigenvalue weighted by molar-refractivity contribution is -0.136. The van der Waals surface area contributed by atoms with Crippen LogP contribution >= 0.6 is 0 Å². The van der Waals surface area contributed by atoms with Crippen LogP contribution in [0.1, 0.15) is 11.3 Å². The van der Waals surface area contributed by atoms with Gasteiger partial charge in [-0.25, -0.2) is 0 Å². The Morgan fingerprint density at radius 3 is 2.83 bits per heavy atom. The van der Waals surface area contributed by atoms with E-state index in [4.69, 9.17) is 9.84 Å². The van der Waals surface area contributed by atoms with Gasteiger partial charge in [0, 0.05) is 16.8 Å². The number of hydrogen-bond donors (Lipinski definition) is 2. The second kappa shape index (κ2) is 4.91. The summed E-state index contributed by atoms with van der Waals surface area (Å²) in [5, 5.41) is 15.9. The van der Waals surface area contributed by atoms with E-state index in [0.29, 0.717) is 17.0 Å². The summed E-state index contributed by atoms with van der Waals surface area (Å²) in [5.41, 5.74) is 2.87. The smallest absolute Gasteiger partial charge is 0.307 e. The number of carboxylic acids is 1. The van der Waals surface area contributed by atoms with Gasteiger partial charge >= 0.3 is 5.97 Å². The molecule has 0 atom stereocenters. The van der Waals surface area contributed by atoms with E-state index in [0.717, 1.165) is 11.3 Å². The third-order valence-corrected chi connectivity index (χ3v) is 2.76. The van der Waals surface area contributed by atoms with Crippen LogP contribution in [0.5, 0.6) is 5.75 Å². The Morgan fingerprint density at radius 2 is 2.17 bits per heavy atom. The fraction of sp³-hybridized carbons (Fsp3) is 0.231. The minimum Gasteiger partial charge on any atom is -0.496 e. The number of carboxylic acid groups (broad SMARTS) is 1. The number of rotatable bonds is 4. The molecule has 1 aromatic heterocycles. The first-order chi connectivity index (χ1) is 8.63. The molecule has 1 heterocycles. The third kappa shape index (κ3) is 2.20. The van der Waals surface area contributed by atoms with Gasteiger partial charge in [-0.3, -0.25) is 9.89 Å². The van der Waals surface area contributed by atoms with Crippen molar-refractivity contribution in [3.8, 4) is 17.0 Å². The van der Waals surface area contributed by atoms with Gasteiger partial charge in [0.15, 0.2) is 0 Å². The lowest BCUT2D eigenvalue weighted by Crippen LogP contribution is -2.02. The number of ether oxygens (including phenoxy) is 1. The van der Waals surface area contributed by atoms with Crippen LogP contribution < -0.4 is 4.74 Å². The molecule has 0 aliphatic heterocycles. The van der Waals surface area contributed by atoms with Crippen molar-refractivity contribution >= 4 is 5.97 Å². The summed E-state index contributed by atoms with van der Waals surface area (Å²) >= 11 is 0. The number of aromatic nitrogens is 2. The van der Waals surface area contributed by atoms with Crippen molar-refractivity contribution in [1.82, 2.24) is 10.2 Å². The minimum atomic E-state index is -0.879. The molecule has 2 rings (SSSR count). The van der Waals surface area contributed by atoms with Crippen molar-refractivity contribution in [3.63, 3.8) is 0 Å². The van der Waals surface area contributed by atoms with Crippen LogP contribution in [-0.4, -0.2) is 28.4 Å². The van der Waals surface area contributed by atoms with Crippen molar-refractivity contribution in [2.24, 2.45) is 0 Å². The zero-order valence-corrected chi connectivity index (χ0v) is 10.2. The van der Waals surface area contributed by atoms with Gasteiger partial charge in [0.05, 0.1) is 19.2 Å². The fourth-order valence-electron chi connectivity index (χ4n) is 1.88. The highest BCUT2D eigenvalue weighted by Crippen LogP contribution is 2.31. The van der Waals surface area contributed by atoms with Gasteiger partial charge in [-0.15, -0.1) is 0 Å². The number of aryl methyl sites for hydroxylation is 1. The standard InChI is InChI=1S/C13H14N2O3/c1-8-10(7-12(16)17)13(15-14-8)9-5-3-4-6-11(9)18-2/h3-6H,7H2,1-2H3,(H,14,15)(H,16,17). The molecule has 0 spiro atoms. The Morgan fingerprint density at radius 1 is 1.44 bits per heavy atom. The first kappa shape index (κ1) is 12.2. The van der Waals surface area contributed by atoms with Crippen LogP contribution in [0.25, 0.3) is 11.3 Å². The maximum absolute atomic E-state index is 10.9. The normalized spacial score (nSPS) is 10.3. The van der Waals surface area contributed by atoms with Crippen LogP contribution in [0.2, 0.25) is 0 Å². The zero-order valence-electron chi connectivity index (χ0n) is 10.2. The van der Waals surface area contributed by atoms with Crippen LogP contribution in [0.3, 0.4) is 0 Å². The topological polar surface area (TPSA) is 75.2 Å². The maximum Gasteiger partial charge on any atom is 0.307 e. The molecule has 0 saturated carbocycles. The van der Waals surface area contributed by atoms with Gasteiger partial charge in [-0.2, -0.15) is 5.10 Å². The summed E-state index contributed by atoms with van der Waals surface area (Å²) in [4.78, 5) is 10.9. The number of H-pyrrole nitrogens is 1. The number of nitrogens with zero attached hydrogens (tertiary/aromatic N) is 1. The van der Waals surface area contributed by atoms with Crippen molar-refractivity contribution in [1.29, 1.82) is 0 Å². The monoisotopic (exact) mass is 246 g/mol. The first-order valence-corrected chi connectivity index (χ1v) is 5.52. The molecule has 0 radical (unpaired) electrons. The van der Waals surface area contributed by atoms with Crippen LogP contribution in [-0.2, 0) is 11.2 Å². The number of aromatic amines is 1. The van der Waals surface area contributed by atoms with E-state index in [-0.39, 0.29) is 6.42 Å². The van der Waals surface area contributed by atoms with Crippen LogP contribution in [0, 0.1) is 6.92 Å². The van der Waals surface area contributed by atoms with Crippen molar-refractivity contribution in [2.45, 2.75) is 13.3 Å². The quantitative estimate of drug-likeness (QED) is 0.865. The summed E-state index contributed by atoms with van der Waals surface area (Å²) in [7, 11) is 1.58. The average molecular weight is 246 g/mol. The highest BCUT2D eigenvalue weighted by atomic mass is 16.5. The van der Waals surface area contributed by atoms with Gasteiger partial charge in [-0.1, -0.05) is 12.1 Å². The summed E-state index contributed by atoms with van der Waals surface area (Å²) in [6.45, 7) is 1.81. The molecule has 0 bridgehead atoms. The fourth-order valence-corrected chi connectivity index (χ4v) is 1.88. The highest BCUT2D eigenvalue weighted by molar-refractivity contribution is 5.77. The van der Waals surface area contributed by atoms with E-state index in [9.17, 15) is 4.79 Å². The molecule has 0 aliphatic rings. The number of carbonyl (C=O) groups is 1. The van der Waals surface area contributed by atoms with Gasteiger partial charge in [0.1, 0.15) is 5.75 Å². The second-order valence-electron chi connectivity index (χ2n) is 3.95. The first-order valence-electron chi connectivity index (χ1n) is 5.52. The summed E-state index contributed by atoms with van der Waals surface area (Å²) in [6.07, 6.45) is -0.0598. The predicted octanol–water partition coefficient (Wildman–Crippen LogP) is 2.02. The molecule has 0 aliphatic carbocycles. The van der Waals surface area contributed by atoms with E-state index in [1.54, 1.807) is 7.11 Å². The molecular weight excluding hydrogens is 232 g/mol. The summed E-state index contributed by atoms with van der Waals surface area (Å²) in [6, 6.07) is 7.41. The van der Waals surface area contributed by atoms with Crippen molar-refractivity contribution in [2.75, 3.05) is 7.11 Å². The number of hydrogen-bond acceptors (Lipinski definition) is 3. The predicted molar refractivity (Wildman–Crippen MR) is 66.7 cm³/mol. The molecular formula is C13H14N2O3. The maximum atomic E-state index is 10.9. The Kier molecular flexibility index (Phi) is 3.32. The number of nitrogens with one attached hydrogen (secondary N) is 1. The molecule has 0 fully saturated rings.